The molecule has 1 saturated heterocycles. The fraction of sp³-hybridized carbons (Fsp3) is 0.625. The Morgan fingerprint density at radius 1 is 1.33 bits per heavy atom. The van der Waals surface area contributed by atoms with E-state index in [1.807, 2.05) is 6.07 Å². The molecule has 1 aliphatic carbocycles. The van der Waals surface area contributed by atoms with Crippen molar-refractivity contribution in [2.45, 2.75) is 49.9 Å². The van der Waals surface area contributed by atoms with Gasteiger partial charge in [0.15, 0.2) is 0 Å². The Bertz CT molecular complexity index is 574. The van der Waals surface area contributed by atoms with Crippen LogP contribution >= 0.6 is 27.5 Å². The molecule has 1 N–H and O–H groups in total. The fourth-order valence-electron chi connectivity index (χ4n) is 4.30. The lowest BCUT2D eigenvalue weighted by Gasteiger charge is -2.43. The number of benzene rings is 1. The number of aryl methyl sites for hydroxylation is 1. The van der Waals surface area contributed by atoms with E-state index in [2.05, 4.69) is 32.2 Å². The summed E-state index contributed by atoms with van der Waals surface area (Å²) in [5, 5.41) is 4.38. The summed E-state index contributed by atoms with van der Waals surface area (Å²) in [6, 6.07) is 4.54. The highest BCUT2D eigenvalue weighted by atomic mass is 79.9. The van der Waals surface area contributed by atoms with E-state index in [-0.39, 0.29) is 5.54 Å². The Morgan fingerprint density at radius 2 is 2.14 bits per heavy atom. The van der Waals surface area contributed by atoms with Crippen molar-refractivity contribution in [2.24, 2.45) is 0 Å². The summed E-state index contributed by atoms with van der Waals surface area (Å²) in [6.07, 6.45) is 4.08. The van der Waals surface area contributed by atoms with Crippen LogP contribution in [0.4, 0.5) is 10.1 Å². The third-order valence-electron chi connectivity index (χ3n) is 5.24. The van der Waals surface area contributed by atoms with Gasteiger partial charge in [0.05, 0.1) is 5.69 Å². The first-order valence-corrected chi connectivity index (χ1v) is 8.87. The van der Waals surface area contributed by atoms with E-state index in [1.54, 1.807) is 0 Å². The summed E-state index contributed by atoms with van der Waals surface area (Å²) < 4.78 is 14.3. The van der Waals surface area contributed by atoms with E-state index >= 15 is 0 Å². The highest BCUT2D eigenvalue weighted by Crippen LogP contribution is 2.45. The zero-order valence-electron chi connectivity index (χ0n) is 11.8. The molecular weight excluding hydrogens is 355 g/mol. The van der Waals surface area contributed by atoms with Crippen LogP contribution in [-0.4, -0.2) is 30.8 Å². The number of hydrogen-bond acceptors (Lipinski definition) is 2. The molecule has 2 aliphatic heterocycles. The van der Waals surface area contributed by atoms with E-state index in [0.29, 0.717) is 18.9 Å². The van der Waals surface area contributed by atoms with Crippen LogP contribution < -0.4 is 10.2 Å². The zero-order chi connectivity index (χ0) is 14.6. The van der Waals surface area contributed by atoms with Crippen molar-refractivity contribution < 1.29 is 4.39 Å². The monoisotopic (exact) mass is 372 g/mol. The Labute approximate surface area is 138 Å². The van der Waals surface area contributed by atoms with Crippen molar-refractivity contribution in [3.8, 4) is 0 Å². The van der Waals surface area contributed by atoms with Crippen molar-refractivity contribution in [1.29, 1.82) is 0 Å². The van der Waals surface area contributed by atoms with Gasteiger partial charge in [0, 0.05) is 34.2 Å². The van der Waals surface area contributed by atoms with E-state index < -0.39 is 6.17 Å². The van der Waals surface area contributed by atoms with Gasteiger partial charge in [-0.1, -0.05) is 11.6 Å². The van der Waals surface area contributed by atoms with Crippen molar-refractivity contribution in [3.05, 3.63) is 27.2 Å². The quantitative estimate of drug-likeness (QED) is 0.797. The van der Waals surface area contributed by atoms with Gasteiger partial charge >= 0.3 is 0 Å². The maximum atomic E-state index is 13.3. The largest absolute Gasteiger partial charge is 0.366 e. The number of anilines is 1. The van der Waals surface area contributed by atoms with Crippen LogP contribution in [0.1, 0.15) is 31.2 Å². The molecule has 0 amide bonds. The van der Waals surface area contributed by atoms with Crippen LogP contribution in [0.5, 0.6) is 0 Å². The number of fused-ring (bicyclic) bond motifs is 1. The average molecular weight is 374 g/mol. The van der Waals surface area contributed by atoms with Gasteiger partial charge in [0.1, 0.15) is 6.17 Å². The molecule has 1 saturated carbocycles. The lowest BCUT2D eigenvalue weighted by atomic mass is 9.73. The fourth-order valence-corrected chi connectivity index (χ4v) is 5.40. The molecule has 1 unspecified atom stereocenters. The number of nitrogens with zero attached hydrogens (tertiary/aromatic N) is 1. The minimum atomic E-state index is -0.601. The summed E-state index contributed by atoms with van der Waals surface area (Å²) >= 11 is 9.86. The molecule has 21 heavy (non-hydrogen) atoms. The van der Waals surface area contributed by atoms with Gasteiger partial charge in [-0.25, -0.2) is 4.39 Å². The van der Waals surface area contributed by atoms with Gasteiger partial charge in [-0.2, -0.15) is 0 Å². The summed E-state index contributed by atoms with van der Waals surface area (Å²) in [7, 11) is 0. The highest BCUT2D eigenvalue weighted by Gasteiger charge is 2.50. The molecule has 0 aromatic heterocycles. The number of hydrogen-bond donors (Lipinski definition) is 1. The van der Waals surface area contributed by atoms with Gasteiger partial charge < -0.3 is 10.2 Å². The highest BCUT2D eigenvalue weighted by molar-refractivity contribution is 9.10. The second kappa shape index (κ2) is 5.10. The van der Waals surface area contributed by atoms with E-state index in [0.717, 1.165) is 41.8 Å². The first-order valence-electron chi connectivity index (χ1n) is 7.70. The van der Waals surface area contributed by atoms with Crippen LogP contribution in [0.2, 0.25) is 5.02 Å². The van der Waals surface area contributed by atoms with Crippen molar-refractivity contribution >= 4 is 33.2 Å². The predicted octanol–water partition coefficient (Wildman–Crippen LogP) is 4.09. The molecule has 3 aliphatic rings. The van der Waals surface area contributed by atoms with E-state index in [4.69, 9.17) is 11.6 Å². The molecule has 1 atom stereocenters. The zero-order valence-corrected chi connectivity index (χ0v) is 14.2. The molecule has 1 aromatic carbocycles. The number of halogens is 3. The van der Waals surface area contributed by atoms with Crippen molar-refractivity contribution in [2.75, 3.05) is 18.0 Å². The van der Waals surface area contributed by atoms with E-state index in [1.165, 1.54) is 11.3 Å². The van der Waals surface area contributed by atoms with Gasteiger partial charge in [-0.05, 0) is 65.7 Å². The lowest BCUT2D eigenvalue weighted by Crippen LogP contribution is -2.52. The van der Waals surface area contributed by atoms with Gasteiger partial charge in [0.25, 0.3) is 0 Å². The Hall–Kier alpha value is -0.320. The Balaban J connectivity index is 1.61. The molecule has 1 spiro atoms. The molecule has 5 heteroatoms. The van der Waals surface area contributed by atoms with Gasteiger partial charge in [-0.3, -0.25) is 0 Å². The van der Waals surface area contributed by atoms with E-state index in [9.17, 15) is 4.39 Å². The predicted molar refractivity (Wildman–Crippen MR) is 88.1 cm³/mol. The number of nitrogens with one attached hydrogen (secondary N) is 1. The third kappa shape index (κ3) is 2.40. The lowest BCUT2D eigenvalue weighted by molar-refractivity contribution is 0.0821. The van der Waals surface area contributed by atoms with Crippen LogP contribution in [0.25, 0.3) is 0 Å². The molecule has 4 rings (SSSR count). The molecule has 0 bridgehead atoms. The smallest absolute Gasteiger partial charge is 0.104 e. The third-order valence-corrected chi connectivity index (χ3v) is 6.07. The Morgan fingerprint density at radius 3 is 2.90 bits per heavy atom. The molecule has 0 radical (unpaired) electrons. The molecule has 114 valence electrons. The van der Waals surface area contributed by atoms with Crippen LogP contribution in [0, 0.1) is 0 Å². The van der Waals surface area contributed by atoms with Crippen molar-refractivity contribution in [1.82, 2.24) is 5.32 Å². The number of alkyl halides is 1. The normalized spacial score (nSPS) is 34.9. The summed E-state index contributed by atoms with van der Waals surface area (Å²) in [5.74, 6) is 0. The second-order valence-corrected chi connectivity index (χ2v) is 8.01. The van der Waals surface area contributed by atoms with Crippen LogP contribution in [-0.2, 0) is 6.42 Å². The Kier molecular flexibility index (Phi) is 3.47. The first kappa shape index (κ1) is 14.3. The SMILES string of the molecule is FC1CC2(C1)CC(N1CCCc3cc(Cl)cc(Br)c31)CN2. The van der Waals surface area contributed by atoms with Crippen molar-refractivity contribution in [3.63, 3.8) is 0 Å². The molecule has 2 fully saturated rings. The maximum Gasteiger partial charge on any atom is 0.104 e. The maximum absolute atomic E-state index is 13.3. The average Bonchev–Trinajstić information content (AvgIpc) is 2.82. The molecule has 2 heterocycles. The molecule has 1 aromatic rings. The summed E-state index contributed by atoms with van der Waals surface area (Å²) in [6.45, 7) is 2.04. The van der Waals surface area contributed by atoms with Crippen LogP contribution in [0.15, 0.2) is 16.6 Å². The second-order valence-electron chi connectivity index (χ2n) is 6.72. The van der Waals surface area contributed by atoms with Crippen LogP contribution in [0.3, 0.4) is 0 Å². The molecular formula is C16H19BrClFN2. The topological polar surface area (TPSA) is 15.3 Å². The van der Waals surface area contributed by atoms with Gasteiger partial charge in [-0.15, -0.1) is 0 Å². The first-order chi connectivity index (χ1) is 10.1. The van der Waals surface area contributed by atoms with Gasteiger partial charge in [0.2, 0.25) is 0 Å². The summed E-state index contributed by atoms with van der Waals surface area (Å²) in [4.78, 5) is 2.51. The summed E-state index contributed by atoms with van der Waals surface area (Å²) in [5.41, 5.74) is 2.70. The standard InChI is InChI=1S/C16H19BrClFN2/c17-14-5-11(18)4-10-2-1-3-21(15(10)14)13-8-16(20-9-13)6-12(19)7-16/h4-5,12-13,20H,1-3,6-9H2. The minimum absolute atomic E-state index is 0.0700. The molecule has 2 nitrogen and oxygen atoms in total. The minimum Gasteiger partial charge on any atom is -0.366 e. The number of rotatable bonds is 1.